The summed E-state index contributed by atoms with van der Waals surface area (Å²) in [6.45, 7) is 6.14. The lowest BCUT2D eigenvalue weighted by molar-refractivity contribution is 0.0961. The number of aliphatic hydroxyl groups is 1. The number of amides is 1. The van der Waals surface area contributed by atoms with Gasteiger partial charge in [0.2, 0.25) is 11.6 Å². The quantitative estimate of drug-likeness (QED) is 0.552. The van der Waals surface area contributed by atoms with Gasteiger partial charge in [-0.1, -0.05) is 4.85 Å². The number of nitrogens with zero attached hydrogens (tertiary/aromatic N) is 2. The monoisotopic (exact) mass is 346 g/mol. The van der Waals surface area contributed by atoms with E-state index >= 15 is 0 Å². The first-order chi connectivity index (χ1) is 11.6. The SMILES string of the molecule is C#[N+][C@]1(N)Cn2c3c(c(COC(N)=O)c2[C@H]1O)C(=O)C(N)=C(C)C3=O. The van der Waals surface area contributed by atoms with Gasteiger partial charge in [-0.05, 0) is 6.92 Å². The lowest BCUT2D eigenvalue weighted by Crippen LogP contribution is -2.42. The van der Waals surface area contributed by atoms with Crippen LogP contribution < -0.4 is 17.2 Å². The molecule has 10 nitrogen and oxygen atoms in total. The van der Waals surface area contributed by atoms with Crippen LogP contribution in [0, 0.1) is 6.57 Å². The Balaban J connectivity index is 2.29. The lowest BCUT2D eigenvalue weighted by Gasteiger charge is -2.17. The Labute approximate surface area is 141 Å². The zero-order chi connectivity index (χ0) is 18.7. The van der Waals surface area contributed by atoms with E-state index in [0.717, 1.165) is 0 Å². The average Bonchev–Trinajstić information content (AvgIpc) is 3.01. The number of ether oxygens (including phenoxy) is 1. The van der Waals surface area contributed by atoms with E-state index < -0.39 is 36.0 Å². The minimum Gasteiger partial charge on any atom is -0.445 e. The molecule has 1 aliphatic carbocycles. The molecule has 0 fully saturated rings. The zero-order valence-electron chi connectivity index (χ0n) is 13.3. The third kappa shape index (κ3) is 2.07. The Hall–Kier alpha value is -3.16. The highest BCUT2D eigenvalue weighted by Crippen LogP contribution is 2.43. The topological polar surface area (TPSA) is 168 Å². The minimum atomic E-state index is -1.59. The smallest absolute Gasteiger partial charge is 0.404 e. The van der Waals surface area contributed by atoms with E-state index in [0.29, 0.717) is 0 Å². The molecule has 0 spiro atoms. The van der Waals surface area contributed by atoms with Gasteiger partial charge in [0.1, 0.15) is 18.8 Å². The van der Waals surface area contributed by atoms with Crippen molar-refractivity contribution in [3.63, 3.8) is 0 Å². The molecule has 0 saturated carbocycles. The van der Waals surface area contributed by atoms with E-state index in [-0.39, 0.29) is 40.3 Å². The fourth-order valence-corrected chi connectivity index (χ4v) is 3.23. The van der Waals surface area contributed by atoms with Crippen molar-refractivity contribution in [3.05, 3.63) is 38.6 Å². The third-order valence-corrected chi connectivity index (χ3v) is 4.58. The summed E-state index contributed by atoms with van der Waals surface area (Å²) in [6.07, 6.45) is -2.50. The number of allylic oxidation sites excluding steroid dienone is 2. The number of carbonyl (C=O) groups is 3. The zero-order valence-corrected chi connectivity index (χ0v) is 13.3. The molecule has 0 aromatic carbocycles. The van der Waals surface area contributed by atoms with Crippen LogP contribution in [0.15, 0.2) is 11.3 Å². The summed E-state index contributed by atoms with van der Waals surface area (Å²) in [5.41, 5.74) is 15.1. The Morgan fingerprint density at radius 2 is 2.12 bits per heavy atom. The molecule has 2 atom stereocenters. The summed E-state index contributed by atoms with van der Waals surface area (Å²) in [5, 5.41) is 10.5. The molecule has 1 amide bonds. The molecule has 2 aliphatic rings. The summed E-state index contributed by atoms with van der Waals surface area (Å²) in [7, 11) is 0. The van der Waals surface area contributed by atoms with Gasteiger partial charge in [0, 0.05) is 11.1 Å². The highest BCUT2D eigenvalue weighted by molar-refractivity contribution is 6.26. The van der Waals surface area contributed by atoms with E-state index in [1.807, 2.05) is 0 Å². The van der Waals surface area contributed by atoms with Crippen molar-refractivity contribution in [2.75, 3.05) is 0 Å². The van der Waals surface area contributed by atoms with Crippen molar-refractivity contribution < 1.29 is 24.2 Å². The second-order valence-electron chi connectivity index (χ2n) is 6.00. The second-order valence-corrected chi connectivity index (χ2v) is 6.00. The van der Waals surface area contributed by atoms with E-state index in [4.69, 9.17) is 28.5 Å². The van der Waals surface area contributed by atoms with Gasteiger partial charge in [0.05, 0.1) is 17.0 Å². The molecule has 0 saturated heterocycles. The normalized spacial score (nSPS) is 24.8. The number of nitrogens with two attached hydrogens (primary N) is 3. The van der Waals surface area contributed by atoms with Gasteiger partial charge in [0.15, 0.2) is 6.10 Å². The first-order valence-corrected chi connectivity index (χ1v) is 7.26. The predicted molar refractivity (Wildman–Crippen MR) is 84.5 cm³/mol. The van der Waals surface area contributed by atoms with E-state index in [1.54, 1.807) is 0 Å². The van der Waals surface area contributed by atoms with Crippen LogP contribution in [0.25, 0.3) is 4.85 Å². The number of ketones is 2. The highest BCUT2D eigenvalue weighted by atomic mass is 16.5. The Morgan fingerprint density at radius 3 is 2.68 bits per heavy atom. The number of carbonyl (C=O) groups excluding carboxylic acids is 3. The predicted octanol–water partition coefficient (Wildman–Crippen LogP) is -0.640. The lowest BCUT2D eigenvalue weighted by atomic mass is 9.89. The van der Waals surface area contributed by atoms with Gasteiger partial charge in [-0.2, -0.15) is 0 Å². The third-order valence-electron chi connectivity index (χ3n) is 4.58. The minimum absolute atomic E-state index is 0.00444. The molecule has 130 valence electrons. The van der Waals surface area contributed by atoms with Crippen molar-refractivity contribution in [3.8, 4) is 6.57 Å². The maximum atomic E-state index is 12.7. The van der Waals surface area contributed by atoms with Crippen molar-refractivity contribution in [1.82, 2.24) is 4.57 Å². The maximum absolute atomic E-state index is 12.7. The molecule has 1 aromatic rings. The van der Waals surface area contributed by atoms with Crippen LogP contribution in [0.3, 0.4) is 0 Å². The molecule has 0 unspecified atom stereocenters. The Kier molecular flexibility index (Phi) is 3.45. The first kappa shape index (κ1) is 16.7. The molecule has 2 heterocycles. The molecular formula is C15H16N5O5+. The highest BCUT2D eigenvalue weighted by Gasteiger charge is 2.57. The summed E-state index contributed by atoms with van der Waals surface area (Å²) in [4.78, 5) is 39.7. The number of hydrogen-bond donors (Lipinski definition) is 4. The van der Waals surface area contributed by atoms with Crippen LogP contribution in [0.2, 0.25) is 0 Å². The van der Waals surface area contributed by atoms with Crippen LogP contribution in [0.5, 0.6) is 0 Å². The molecule has 0 bridgehead atoms. The fraction of sp³-hybridized carbons (Fsp3) is 0.333. The van der Waals surface area contributed by atoms with Gasteiger partial charge >= 0.3 is 11.8 Å². The molecular weight excluding hydrogens is 330 g/mol. The number of aliphatic hydroxyl groups excluding tert-OH is 1. The van der Waals surface area contributed by atoms with Gasteiger partial charge in [-0.15, -0.1) is 0 Å². The summed E-state index contributed by atoms with van der Waals surface area (Å²) < 4.78 is 6.13. The summed E-state index contributed by atoms with van der Waals surface area (Å²) >= 11 is 0. The van der Waals surface area contributed by atoms with Gasteiger partial charge in [-0.25, -0.2) is 4.79 Å². The van der Waals surface area contributed by atoms with Gasteiger partial charge < -0.3 is 25.9 Å². The average molecular weight is 346 g/mol. The molecule has 25 heavy (non-hydrogen) atoms. The molecule has 1 aromatic heterocycles. The van der Waals surface area contributed by atoms with E-state index in [2.05, 4.69) is 4.85 Å². The Bertz CT molecular complexity index is 922. The molecule has 7 N–H and O–H groups in total. The molecule has 1 aliphatic heterocycles. The number of rotatable bonds is 2. The summed E-state index contributed by atoms with van der Waals surface area (Å²) in [6, 6.07) is 0. The molecule has 0 radical (unpaired) electrons. The maximum Gasteiger partial charge on any atom is 0.404 e. The Morgan fingerprint density at radius 1 is 1.48 bits per heavy atom. The van der Waals surface area contributed by atoms with Crippen molar-refractivity contribution in [2.24, 2.45) is 17.2 Å². The van der Waals surface area contributed by atoms with Crippen LogP contribution in [0.1, 0.15) is 45.1 Å². The van der Waals surface area contributed by atoms with Crippen LogP contribution >= 0.6 is 0 Å². The second kappa shape index (κ2) is 5.17. The number of aromatic nitrogens is 1. The van der Waals surface area contributed by atoms with Crippen LogP contribution in [-0.2, 0) is 17.9 Å². The van der Waals surface area contributed by atoms with Crippen molar-refractivity contribution in [1.29, 1.82) is 0 Å². The van der Waals surface area contributed by atoms with Crippen molar-refractivity contribution in [2.45, 2.75) is 31.8 Å². The standard InChI is InChI=1S/C15H15N5O5/c1-5-8(16)12(22)7-6(3-25-14(17)24)9-13(23)15(18,19-2)4-20(9)10(7)11(5)21/h2,13,23H,3-4,18H2,1H3,(H3-,16,17,21,24)/p+1/t13-,15-/m1/s1. The van der Waals surface area contributed by atoms with E-state index in [9.17, 15) is 19.5 Å². The van der Waals surface area contributed by atoms with E-state index in [1.165, 1.54) is 11.5 Å². The number of Topliss-reactive ketones (excluding diaryl/α,β-unsaturated/α-hetero) is 2. The number of fused-ring (bicyclic) bond motifs is 3. The van der Waals surface area contributed by atoms with Crippen LogP contribution in [-0.4, -0.2) is 33.0 Å². The molecule has 3 rings (SSSR count). The first-order valence-electron chi connectivity index (χ1n) is 7.26. The largest absolute Gasteiger partial charge is 0.445 e. The number of hydrogen-bond acceptors (Lipinski definition) is 7. The van der Waals surface area contributed by atoms with Crippen molar-refractivity contribution >= 4 is 17.7 Å². The summed E-state index contributed by atoms with van der Waals surface area (Å²) in [5.74, 6) is -1.09. The fourth-order valence-electron chi connectivity index (χ4n) is 3.23. The molecule has 10 heteroatoms. The number of primary amides is 1. The van der Waals surface area contributed by atoms with Gasteiger partial charge in [-0.3, -0.25) is 15.3 Å². The van der Waals surface area contributed by atoms with Crippen LogP contribution in [0.4, 0.5) is 4.79 Å². The van der Waals surface area contributed by atoms with Gasteiger partial charge in [0.25, 0.3) is 6.57 Å².